The molecular weight excluding hydrogens is 416 g/mol. The van der Waals surface area contributed by atoms with Crippen LogP contribution < -0.4 is 19.5 Å². The van der Waals surface area contributed by atoms with Crippen LogP contribution in [0.4, 0.5) is 0 Å². The quantitative estimate of drug-likeness (QED) is 0.393. The highest BCUT2D eigenvalue weighted by atomic mass is 16.5. The van der Waals surface area contributed by atoms with E-state index in [4.69, 9.17) is 14.2 Å². The summed E-state index contributed by atoms with van der Waals surface area (Å²) < 4.78 is 16.2. The van der Waals surface area contributed by atoms with Crippen molar-refractivity contribution in [2.45, 2.75) is 12.3 Å². The lowest BCUT2D eigenvalue weighted by Gasteiger charge is -2.19. The van der Waals surface area contributed by atoms with Crippen molar-refractivity contribution in [2.24, 2.45) is 0 Å². The van der Waals surface area contributed by atoms with E-state index in [-0.39, 0.29) is 18.2 Å². The summed E-state index contributed by atoms with van der Waals surface area (Å²) in [6.45, 7) is 0.481. The van der Waals surface area contributed by atoms with Gasteiger partial charge in [-0.1, -0.05) is 48.5 Å². The largest absolute Gasteiger partial charge is 0.493 e. The number of H-pyrrole nitrogens is 1. The zero-order valence-corrected chi connectivity index (χ0v) is 19.1. The SMILES string of the molecule is COc1cc(CC(=O)NCC(c2ccccc2)c2c[nH]c3ccccc23)cc(OC)c1OC. The number of amides is 1. The fraction of sp³-hybridized carbons (Fsp3) is 0.222. The maximum Gasteiger partial charge on any atom is 0.224 e. The Hall–Kier alpha value is -3.93. The van der Waals surface area contributed by atoms with Gasteiger partial charge in [0.1, 0.15) is 0 Å². The number of carbonyl (C=O) groups excluding carboxylic acids is 1. The minimum absolute atomic E-state index is 0.0197. The van der Waals surface area contributed by atoms with Crippen LogP contribution in [-0.2, 0) is 11.2 Å². The van der Waals surface area contributed by atoms with Crippen LogP contribution in [0.3, 0.4) is 0 Å². The summed E-state index contributed by atoms with van der Waals surface area (Å²) in [7, 11) is 4.68. The molecule has 170 valence electrons. The van der Waals surface area contributed by atoms with E-state index in [2.05, 4.69) is 34.6 Å². The predicted octanol–water partition coefficient (Wildman–Crippen LogP) is 4.68. The predicted molar refractivity (Wildman–Crippen MR) is 129 cm³/mol. The molecule has 1 atom stereocenters. The van der Waals surface area contributed by atoms with E-state index in [0.717, 1.165) is 27.6 Å². The Morgan fingerprint density at radius 3 is 2.24 bits per heavy atom. The van der Waals surface area contributed by atoms with Crippen LogP contribution in [0, 0.1) is 0 Å². The Bertz CT molecular complexity index is 1210. The number of hydrogen-bond donors (Lipinski definition) is 2. The number of aromatic nitrogens is 1. The van der Waals surface area contributed by atoms with Gasteiger partial charge in [0.15, 0.2) is 11.5 Å². The van der Waals surface area contributed by atoms with E-state index in [1.165, 1.54) is 0 Å². The fourth-order valence-electron chi connectivity index (χ4n) is 4.18. The van der Waals surface area contributed by atoms with Crippen molar-refractivity contribution >= 4 is 16.8 Å². The number of carbonyl (C=O) groups is 1. The summed E-state index contributed by atoms with van der Waals surface area (Å²) in [5.41, 5.74) is 4.17. The van der Waals surface area contributed by atoms with Crippen molar-refractivity contribution in [1.82, 2.24) is 10.3 Å². The van der Waals surface area contributed by atoms with Crippen LogP contribution in [0.1, 0.15) is 22.6 Å². The van der Waals surface area contributed by atoms with Gasteiger partial charge in [-0.05, 0) is 34.9 Å². The molecule has 3 aromatic carbocycles. The van der Waals surface area contributed by atoms with Crippen LogP contribution >= 0.6 is 0 Å². The lowest BCUT2D eigenvalue weighted by atomic mass is 9.91. The van der Waals surface area contributed by atoms with Gasteiger partial charge in [0, 0.05) is 29.6 Å². The smallest absolute Gasteiger partial charge is 0.224 e. The zero-order chi connectivity index (χ0) is 23.2. The van der Waals surface area contributed by atoms with Gasteiger partial charge in [-0.3, -0.25) is 4.79 Å². The van der Waals surface area contributed by atoms with Crippen molar-refractivity contribution < 1.29 is 19.0 Å². The molecule has 2 N–H and O–H groups in total. The Balaban J connectivity index is 1.55. The third-order valence-corrected chi connectivity index (χ3v) is 5.79. The summed E-state index contributed by atoms with van der Waals surface area (Å²) in [6, 6.07) is 22.0. The minimum atomic E-state index is -0.0787. The first-order chi connectivity index (χ1) is 16.1. The number of nitrogens with one attached hydrogen (secondary N) is 2. The van der Waals surface area contributed by atoms with E-state index >= 15 is 0 Å². The molecule has 1 amide bonds. The van der Waals surface area contributed by atoms with Gasteiger partial charge in [-0.25, -0.2) is 0 Å². The Morgan fingerprint density at radius 1 is 0.909 bits per heavy atom. The van der Waals surface area contributed by atoms with Crippen molar-refractivity contribution in [2.75, 3.05) is 27.9 Å². The average molecular weight is 445 g/mol. The monoisotopic (exact) mass is 444 g/mol. The molecule has 0 aliphatic heterocycles. The molecule has 0 saturated heterocycles. The number of methoxy groups -OCH3 is 3. The van der Waals surface area contributed by atoms with E-state index < -0.39 is 0 Å². The van der Waals surface area contributed by atoms with Gasteiger partial charge >= 0.3 is 0 Å². The highest BCUT2D eigenvalue weighted by Crippen LogP contribution is 2.38. The summed E-state index contributed by atoms with van der Waals surface area (Å²) in [6.07, 6.45) is 2.24. The van der Waals surface area contributed by atoms with Gasteiger partial charge in [0.2, 0.25) is 11.7 Å². The molecule has 0 fully saturated rings. The van der Waals surface area contributed by atoms with Gasteiger partial charge in [0.05, 0.1) is 27.8 Å². The first kappa shape index (κ1) is 22.3. The molecule has 4 aromatic rings. The molecule has 0 aliphatic carbocycles. The number of benzene rings is 3. The molecule has 0 aliphatic rings. The molecule has 4 rings (SSSR count). The number of rotatable bonds is 9. The molecule has 33 heavy (non-hydrogen) atoms. The van der Waals surface area contributed by atoms with Crippen LogP contribution in [0.5, 0.6) is 17.2 Å². The molecule has 6 heteroatoms. The van der Waals surface area contributed by atoms with Gasteiger partial charge < -0.3 is 24.5 Å². The highest BCUT2D eigenvalue weighted by molar-refractivity contribution is 5.84. The molecule has 6 nitrogen and oxygen atoms in total. The summed E-state index contributed by atoms with van der Waals surface area (Å²) in [5, 5.41) is 4.28. The molecule has 1 aromatic heterocycles. The van der Waals surface area contributed by atoms with Gasteiger partial charge in [-0.15, -0.1) is 0 Å². The lowest BCUT2D eigenvalue weighted by molar-refractivity contribution is -0.120. The first-order valence-electron chi connectivity index (χ1n) is 10.8. The highest BCUT2D eigenvalue weighted by Gasteiger charge is 2.20. The molecular formula is C27H28N2O4. The minimum Gasteiger partial charge on any atom is -0.493 e. The van der Waals surface area contributed by atoms with Gasteiger partial charge in [-0.2, -0.15) is 0 Å². The number of fused-ring (bicyclic) bond motifs is 1. The van der Waals surface area contributed by atoms with Crippen LogP contribution in [0.2, 0.25) is 0 Å². The number of hydrogen-bond acceptors (Lipinski definition) is 4. The van der Waals surface area contributed by atoms with E-state index in [1.807, 2.05) is 36.5 Å². The molecule has 1 unspecified atom stereocenters. The van der Waals surface area contributed by atoms with E-state index in [9.17, 15) is 4.79 Å². The molecule has 0 spiro atoms. The van der Waals surface area contributed by atoms with Crippen LogP contribution in [-0.4, -0.2) is 38.8 Å². The topological polar surface area (TPSA) is 72.6 Å². The standard InChI is InChI=1S/C27H28N2O4/c1-31-24-13-18(14-25(32-2)27(24)33-3)15-26(30)29-16-21(19-9-5-4-6-10-19)22-17-28-23-12-8-7-11-20(22)23/h4-14,17,21,28H,15-16H2,1-3H3,(H,29,30). The van der Waals surface area contributed by atoms with Crippen LogP contribution in [0.15, 0.2) is 72.9 Å². The van der Waals surface area contributed by atoms with Gasteiger partial charge in [0.25, 0.3) is 0 Å². The maximum absolute atomic E-state index is 12.9. The van der Waals surface area contributed by atoms with Crippen molar-refractivity contribution in [3.63, 3.8) is 0 Å². The fourth-order valence-corrected chi connectivity index (χ4v) is 4.18. The third-order valence-electron chi connectivity index (χ3n) is 5.79. The Labute approximate surface area is 193 Å². The Morgan fingerprint density at radius 2 is 1.58 bits per heavy atom. The third kappa shape index (κ3) is 4.80. The second-order valence-electron chi connectivity index (χ2n) is 7.77. The summed E-state index contributed by atoms with van der Waals surface area (Å²) in [5.74, 6) is 1.50. The van der Waals surface area contributed by atoms with Crippen molar-refractivity contribution in [3.05, 3.63) is 89.6 Å². The van der Waals surface area contributed by atoms with Crippen LogP contribution in [0.25, 0.3) is 10.9 Å². The second-order valence-corrected chi connectivity index (χ2v) is 7.77. The summed E-state index contributed by atoms with van der Waals surface area (Å²) >= 11 is 0. The summed E-state index contributed by atoms with van der Waals surface area (Å²) in [4.78, 5) is 16.3. The molecule has 0 saturated carbocycles. The molecule has 0 radical (unpaired) electrons. The number of aromatic amines is 1. The van der Waals surface area contributed by atoms with E-state index in [0.29, 0.717) is 23.8 Å². The van der Waals surface area contributed by atoms with Crippen molar-refractivity contribution in [3.8, 4) is 17.2 Å². The lowest BCUT2D eigenvalue weighted by Crippen LogP contribution is -2.30. The number of ether oxygens (including phenoxy) is 3. The Kier molecular flexibility index (Phi) is 6.83. The maximum atomic E-state index is 12.9. The van der Waals surface area contributed by atoms with Crippen molar-refractivity contribution in [1.29, 1.82) is 0 Å². The second kappa shape index (κ2) is 10.1. The molecule has 1 heterocycles. The van der Waals surface area contributed by atoms with E-state index in [1.54, 1.807) is 33.5 Å². The first-order valence-corrected chi connectivity index (χ1v) is 10.8. The molecule has 0 bridgehead atoms. The number of para-hydroxylation sites is 1. The normalized spacial score (nSPS) is 11.7. The average Bonchev–Trinajstić information content (AvgIpc) is 3.28. The zero-order valence-electron chi connectivity index (χ0n) is 19.1.